The van der Waals surface area contributed by atoms with E-state index in [4.69, 9.17) is 10.5 Å². The fraction of sp³-hybridized carbons (Fsp3) is 0.125. The van der Waals surface area contributed by atoms with Crippen molar-refractivity contribution in [2.24, 2.45) is 5.73 Å². The summed E-state index contributed by atoms with van der Waals surface area (Å²) in [6.45, 7) is 0. The minimum absolute atomic E-state index is 0.197. The van der Waals surface area contributed by atoms with Crippen molar-refractivity contribution in [3.63, 3.8) is 0 Å². The van der Waals surface area contributed by atoms with Crippen molar-refractivity contribution in [2.45, 2.75) is 0 Å². The van der Waals surface area contributed by atoms with Gasteiger partial charge in [0.05, 0.1) is 12.8 Å². The molecular formula is C8H11N3OS. The normalized spacial score (nSPS) is 9.00. The molecule has 0 aliphatic heterocycles. The van der Waals surface area contributed by atoms with Crippen LogP contribution in [0, 0.1) is 0 Å². The molecule has 0 radical (unpaired) electrons. The molecule has 1 aromatic carbocycles. The minimum atomic E-state index is 0.197. The predicted molar refractivity (Wildman–Crippen MR) is 56.5 cm³/mol. The van der Waals surface area contributed by atoms with E-state index in [1.54, 1.807) is 7.11 Å². The Balaban J connectivity index is 2.61. The number of anilines is 1. The lowest BCUT2D eigenvalue weighted by molar-refractivity contribution is 0.415. The van der Waals surface area contributed by atoms with E-state index < -0.39 is 0 Å². The van der Waals surface area contributed by atoms with Gasteiger partial charge in [-0.3, -0.25) is 10.9 Å². The monoisotopic (exact) mass is 197 g/mol. The summed E-state index contributed by atoms with van der Waals surface area (Å²) >= 11 is 4.63. The maximum atomic E-state index is 5.24. The Morgan fingerprint density at radius 3 is 2.92 bits per heavy atom. The number of rotatable bonds is 3. The van der Waals surface area contributed by atoms with Crippen LogP contribution in [0.3, 0.4) is 0 Å². The molecule has 0 unspecified atom stereocenters. The Morgan fingerprint density at radius 1 is 1.54 bits per heavy atom. The quantitative estimate of drug-likeness (QED) is 0.495. The van der Waals surface area contributed by atoms with Crippen molar-refractivity contribution in [2.75, 3.05) is 12.5 Å². The Bertz CT molecular complexity index is 303. The van der Waals surface area contributed by atoms with Crippen LogP contribution in [0.5, 0.6) is 5.75 Å². The fourth-order valence-corrected chi connectivity index (χ4v) is 0.886. The molecule has 13 heavy (non-hydrogen) atoms. The van der Waals surface area contributed by atoms with Crippen molar-refractivity contribution < 1.29 is 4.74 Å². The second-order valence-electron chi connectivity index (χ2n) is 2.35. The van der Waals surface area contributed by atoms with Gasteiger partial charge in [-0.2, -0.15) is 0 Å². The third kappa shape index (κ3) is 3.16. The molecule has 0 spiro atoms. The number of benzene rings is 1. The summed E-state index contributed by atoms with van der Waals surface area (Å²) in [5.41, 5.74) is 11.5. The zero-order valence-electron chi connectivity index (χ0n) is 7.20. The highest BCUT2D eigenvalue weighted by molar-refractivity contribution is 7.80. The van der Waals surface area contributed by atoms with E-state index in [0.29, 0.717) is 0 Å². The Kier molecular flexibility index (Phi) is 3.33. The zero-order chi connectivity index (χ0) is 9.68. The van der Waals surface area contributed by atoms with Crippen LogP contribution in [0.25, 0.3) is 0 Å². The van der Waals surface area contributed by atoms with E-state index in [1.807, 2.05) is 24.3 Å². The van der Waals surface area contributed by atoms with Gasteiger partial charge in [-0.25, -0.2) is 0 Å². The van der Waals surface area contributed by atoms with Gasteiger partial charge in [-0.1, -0.05) is 6.07 Å². The highest BCUT2D eigenvalue weighted by atomic mass is 32.1. The molecule has 1 rings (SSSR count). The molecule has 70 valence electrons. The predicted octanol–water partition coefficient (Wildman–Crippen LogP) is 0.855. The first-order valence-corrected chi connectivity index (χ1v) is 4.08. The van der Waals surface area contributed by atoms with E-state index in [0.717, 1.165) is 11.4 Å². The molecule has 0 saturated heterocycles. The molecule has 1 aromatic rings. The van der Waals surface area contributed by atoms with Gasteiger partial charge in [0.15, 0.2) is 5.11 Å². The summed E-state index contributed by atoms with van der Waals surface area (Å²) in [6.07, 6.45) is 0. The average molecular weight is 197 g/mol. The maximum absolute atomic E-state index is 5.24. The first-order chi connectivity index (χ1) is 6.22. The molecule has 0 aromatic heterocycles. The Morgan fingerprint density at radius 2 is 2.31 bits per heavy atom. The molecule has 5 heteroatoms. The van der Waals surface area contributed by atoms with E-state index in [-0.39, 0.29) is 5.11 Å². The number of hydrazine groups is 1. The molecule has 0 atom stereocenters. The zero-order valence-corrected chi connectivity index (χ0v) is 8.02. The van der Waals surface area contributed by atoms with E-state index in [9.17, 15) is 0 Å². The first kappa shape index (κ1) is 9.60. The first-order valence-electron chi connectivity index (χ1n) is 3.68. The highest BCUT2D eigenvalue weighted by Gasteiger charge is 1.93. The van der Waals surface area contributed by atoms with Crippen molar-refractivity contribution >= 4 is 23.0 Å². The van der Waals surface area contributed by atoms with Crippen LogP contribution < -0.4 is 21.3 Å². The van der Waals surface area contributed by atoms with Crippen LogP contribution in [0.4, 0.5) is 5.69 Å². The van der Waals surface area contributed by atoms with Crippen LogP contribution in [0.1, 0.15) is 0 Å². The van der Waals surface area contributed by atoms with Crippen molar-refractivity contribution in [1.29, 1.82) is 0 Å². The summed E-state index contributed by atoms with van der Waals surface area (Å²) in [5, 5.41) is 0.197. The molecule has 0 aliphatic carbocycles. The summed E-state index contributed by atoms with van der Waals surface area (Å²) in [6, 6.07) is 7.41. The van der Waals surface area contributed by atoms with Gasteiger partial charge in [0.25, 0.3) is 0 Å². The SMILES string of the molecule is COc1cccc(NNC(N)=S)c1. The molecule has 0 aliphatic rings. The van der Waals surface area contributed by atoms with Gasteiger partial charge < -0.3 is 10.5 Å². The second-order valence-corrected chi connectivity index (χ2v) is 2.79. The van der Waals surface area contributed by atoms with Gasteiger partial charge in [0, 0.05) is 6.07 Å². The standard InChI is InChI=1S/C8H11N3OS/c1-12-7-4-2-3-6(5-7)10-11-8(9)13/h2-5,10H,1H3,(H3,9,11,13). The van der Waals surface area contributed by atoms with E-state index in [1.165, 1.54) is 0 Å². The largest absolute Gasteiger partial charge is 0.497 e. The van der Waals surface area contributed by atoms with Crippen LogP contribution in [0.15, 0.2) is 24.3 Å². The highest BCUT2D eigenvalue weighted by Crippen LogP contribution is 2.15. The molecule has 0 fully saturated rings. The number of hydrogen-bond acceptors (Lipinski definition) is 3. The topological polar surface area (TPSA) is 59.3 Å². The molecule has 4 nitrogen and oxygen atoms in total. The smallest absolute Gasteiger partial charge is 0.182 e. The van der Waals surface area contributed by atoms with Crippen molar-refractivity contribution in [3.05, 3.63) is 24.3 Å². The van der Waals surface area contributed by atoms with Crippen LogP contribution >= 0.6 is 12.2 Å². The Labute approximate surface area is 82.0 Å². The number of thiocarbonyl (C=S) groups is 1. The number of ether oxygens (including phenoxy) is 1. The van der Waals surface area contributed by atoms with Gasteiger partial charge in [0.1, 0.15) is 5.75 Å². The summed E-state index contributed by atoms with van der Waals surface area (Å²) in [7, 11) is 1.61. The minimum Gasteiger partial charge on any atom is -0.497 e. The van der Waals surface area contributed by atoms with Gasteiger partial charge >= 0.3 is 0 Å². The second kappa shape index (κ2) is 4.51. The summed E-state index contributed by atoms with van der Waals surface area (Å²) in [4.78, 5) is 0. The lowest BCUT2D eigenvalue weighted by atomic mass is 10.3. The fourth-order valence-electron chi connectivity index (χ4n) is 0.835. The van der Waals surface area contributed by atoms with E-state index in [2.05, 4.69) is 23.1 Å². The third-order valence-corrected chi connectivity index (χ3v) is 1.50. The van der Waals surface area contributed by atoms with Gasteiger partial charge in [0.2, 0.25) is 0 Å². The van der Waals surface area contributed by atoms with Gasteiger partial charge in [-0.15, -0.1) is 0 Å². The molecular weight excluding hydrogens is 186 g/mol. The lowest BCUT2D eigenvalue weighted by Gasteiger charge is -2.08. The lowest BCUT2D eigenvalue weighted by Crippen LogP contribution is -2.33. The van der Waals surface area contributed by atoms with Crippen molar-refractivity contribution in [1.82, 2.24) is 5.43 Å². The van der Waals surface area contributed by atoms with E-state index >= 15 is 0 Å². The van der Waals surface area contributed by atoms with Crippen molar-refractivity contribution in [3.8, 4) is 5.75 Å². The molecule has 0 saturated carbocycles. The molecule has 0 amide bonds. The van der Waals surface area contributed by atoms with Crippen LogP contribution in [-0.2, 0) is 0 Å². The summed E-state index contributed by atoms with van der Waals surface area (Å²) in [5.74, 6) is 0.773. The summed E-state index contributed by atoms with van der Waals surface area (Å²) < 4.78 is 5.03. The third-order valence-electron chi connectivity index (χ3n) is 1.40. The molecule has 0 heterocycles. The number of methoxy groups -OCH3 is 1. The number of nitrogens with one attached hydrogen (secondary N) is 2. The van der Waals surface area contributed by atoms with Gasteiger partial charge in [-0.05, 0) is 24.4 Å². The number of nitrogens with two attached hydrogens (primary N) is 1. The maximum Gasteiger partial charge on any atom is 0.182 e. The van der Waals surface area contributed by atoms with Crippen LogP contribution in [0.2, 0.25) is 0 Å². The molecule has 0 bridgehead atoms. The van der Waals surface area contributed by atoms with Crippen LogP contribution in [-0.4, -0.2) is 12.2 Å². The number of hydrogen-bond donors (Lipinski definition) is 3. The Hall–Kier alpha value is -1.49. The molecule has 4 N–H and O–H groups in total. The average Bonchev–Trinajstić information content (AvgIpc) is 2.15.